The molecule has 0 aliphatic carbocycles. The van der Waals surface area contributed by atoms with Crippen LogP contribution in [0.15, 0.2) is 36.8 Å². The number of carbonyl (C=O) groups excluding carboxylic acids is 1. The van der Waals surface area contributed by atoms with Crippen LogP contribution in [0.4, 0.5) is 23.8 Å². The number of alkyl halides is 3. The molecule has 3 aromatic heterocycles. The lowest BCUT2D eigenvalue weighted by Gasteiger charge is -2.43. The molecule has 1 fully saturated rings. The van der Waals surface area contributed by atoms with Gasteiger partial charge in [0.25, 0.3) is 0 Å². The Balaban J connectivity index is 1.32. The van der Waals surface area contributed by atoms with E-state index in [4.69, 9.17) is 0 Å². The van der Waals surface area contributed by atoms with Gasteiger partial charge in [-0.05, 0) is 32.0 Å². The van der Waals surface area contributed by atoms with Gasteiger partial charge in [0, 0.05) is 42.8 Å². The van der Waals surface area contributed by atoms with Crippen LogP contribution in [0.3, 0.4) is 0 Å². The highest BCUT2D eigenvalue weighted by atomic mass is 19.4. The first-order valence-corrected chi connectivity index (χ1v) is 9.83. The van der Waals surface area contributed by atoms with Crippen molar-refractivity contribution in [3.8, 4) is 5.69 Å². The number of pyridine rings is 2. The van der Waals surface area contributed by atoms with Crippen molar-refractivity contribution < 1.29 is 18.0 Å². The predicted octanol–water partition coefficient (Wildman–Crippen LogP) is 3.13. The summed E-state index contributed by atoms with van der Waals surface area (Å²) in [6.45, 7) is 3.95. The predicted molar refractivity (Wildman–Crippen MR) is 109 cm³/mol. The normalized spacial score (nSPS) is 16.2. The summed E-state index contributed by atoms with van der Waals surface area (Å²) in [5, 5.41) is 10.5. The number of likely N-dealkylation sites (tertiary alicyclic amines) is 1. The summed E-state index contributed by atoms with van der Waals surface area (Å²) >= 11 is 0. The Kier molecular flexibility index (Phi) is 5.52. The molecule has 164 valence electrons. The van der Waals surface area contributed by atoms with Gasteiger partial charge < -0.3 is 5.32 Å². The topological polar surface area (TPSA) is 88.0 Å². The molecule has 2 amide bonds. The van der Waals surface area contributed by atoms with E-state index in [1.165, 1.54) is 4.90 Å². The highest BCUT2D eigenvalue weighted by molar-refractivity contribution is 5.91. The number of aromatic nitrogens is 4. The van der Waals surface area contributed by atoms with E-state index in [0.29, 0.717) is 25.5 Å². The van der Waals surface area contributed by atoms with Crippen molar-refractivity contribution in [3.63, 3.8) is 0 Å². The summed E-state index contributed by atoms with van der Waals surface area (Å²) in [4.78, 5) is 21.9. The Morgan fingerprint density at radius 1 is 1.26 bits per heavy atom. The third-order valence-corrected chi connectivity index (χ3v) is 5.38. The minimum atomic E-state index is -4.23. The number of carbonyl (C=O) groups is 1. The van der Waals surface area contributed by atoms with Crippen LogP contribution in [0.5, 0.6) is 0 Å². The molecule has 0 bridgehead atoms. The summed E-state index contributed by atoms with van der Waals surface area (Å²) in [5.41, 5.74) is 2.51. The summed E-state index contributed by atoms with van der Waals surface area (Å²) in [6.07, 6.45) is 0.776. The molecular formula is C20H22F3N7O. The van der Waals surface area contributed by atoms with Crippen LogP contribution in [0.1, 0.15) is 12.6 Å². The van der Waals surface area contributed by atoms with Gasteiger partial charge in [0.2, 0.25) is 0 Å². The monoisotopic (exact) mass is 433 g/mol. The Morgan fingerprint density at radius 2 is 2.03 bits per heavy atom. The smallest absolute Gasteiger partial charge is 0.337 e. The van der Waals surface area contributed by atoms with Gasteiger partial charge in [0.1, 0.15) is 11.9 Å². The number of fused-ring (bicyclic) bond motifs is 1. The van der Waals surface area contributed by atoms with Crippen LogP contribution in [0, 0.1) is 12.8 Å². The Bertz CT molecular complexity index is 1090. The molecule has 4 rings (SSSR count). The fourth-order valence-electron chi connectivity index (χ4n) is 3.52. The van der Waals surface area contributed by atoms with Crippen LogP contribution in [-0.2, 0) is 0 Å². The molecule has 1 aliphatic rings. The molecule has 1 aliphatic heterocycles. The van der Waals surface area contributed by atoms with Gasteiger partial charge in [-0.15, -0.1) is 0 Å². The van der Waals surface area contributed by atoms with E-state index in [9.17, 15) is 18.0 Å². The second-order valence-electron chi connectivity index (χ2n) is 7.71. The highest BCUT2D eigenvalue weighted by Crippen LogP contribution is 2.29. The molecule has 11 heteroatoms. The number of nitrogens with one attached hydrogen (secondary N) is 2. The Hall–Kier alpha value is -3.21. The maximum Gasteiger partial charge on any atom is 0.403 e. The number of rotatable bonds is 5. The van der Waals surface area contributed by atoms with Crippen molar-refractivity contribution >= 4 is 22.8 Å². The van der Waals surface area contributed by atoms with E-state index in [-0.39, 0.29) is 5.92 Å². The lowest BCUT2D eigenvalue weighted by molar-refractivity contribution is -0.193. The zero-order valence-electron chi connectivity index (χ0n) is 17.0. The average Bonchev–Trinajstić information content (AvgIpc) is 3.09. The van der Waals surface area contributed by atoms with Crippen LogP contribution in [0.25, 0.3) is 16.6 Å². The van der Waals surface area contributed by atoms with Crippen molar-refractivity contribution in [2.75, 3.05) is 25.0 Å². The second kappa shape index (κ2) is 8.14. The van der Waals surface area contributed by atoms with E-state index >= 15 is 0 Å². The van der Waals surface area contributed by atoms with Gasteiger partial charge in [0.05, 0.1) is 23.6 Å². The number of hydrogen-bond acceptors (Lipinski definition) is 5. The van der Waals surface area contributed by atoms with Crippen molar-refractivity contribution in [1.29, 1.82) is 0 Å². The van der Waals surface area contributed by atoms with Gasteiger partial charge in [-0.25, -0.2) is 14.5 Å². The number of urea groups is 1. The molecule has 0 saturated carbocycles. The molecule has 31 heavy (non-hydrogen) atoms. The standard InChI is InChI=1S/C20H22F3N7O/c1-12-5-16(3-4-24-12)30-17-9-25-18(6-15(17)8-27-30)28-19(31)26-7-14-10-29(11-14)13(2)20(21,22)23/h3-6,8-9,13-14H,7,10-11H2,1-2H3,(H2,25,26,28,31). The van der Waals surface area contributed by atoms with Crippen LogP contribution in [0.2, 0.25) is 0 Å². The van der Waals surface area contributed by atoms with Crippen molar-refractivity contribution in [3.05, 3.63) is 42.5 Å². The minimum absolute atomic E-state index is 0.00644. The van der Waals surface area contributed by atoms with Gasteiger partial charge in [-0.2, -0.15) is 18.3 Å². The van der Waals surface area contributed by atoms with Crippen molar-refractivity contribution in [1.82, 2.24) is 30.0 Å². The number of halogens is 3. The fourth-order valence-corrected chi connectivity index (χ4v) is 3.52. The Labute approximate surface area is 176 Å². The van der Waals surface area contributed by atoms with Gasteiger partial charge in [-0.3, -0.25) is 15.2 Å². The Morgan fingerprint density at radius 3 is 2.74 bits per heavy atom. The minimum Gasteiger partial charge on any atom is -0.337 e. The zero-order valence-corrected chi connectivity index (χ0v) is 17.0. The number of hydrogen-bond donors (Lipinski definition) is 2. The van der Waals surface area contributed by atoms with Crippen LogP contribution < -0.4 is 10.6 Å². The zero-order chi connectivity index (χ0) is 22.2. The van der Waals surface area contributed by atoms with Gasteiger partial charge >= 0.3 is 12.2 Å². The maximum atomic E-state index is 12.7. The van der Waals surface area contributed by atoms with Crippen LogP contribution >= 0.6 is 0 Å². The van der Waals surface area contributed by atoms with E-state index in [2.05, 4.69) is 25.7 Å². The summed E-state index contributed by atoms with van der Waals surface area (Å²) in [7, 11) is 0. The molecule has 3 aromatic rings. The highest BCUT2D eigenvalue weighted by Gasteiger charge is 2.44. The summed E-state index contributed by atoms with van der Waals surface area (Å²) in [6, 6.07) is 3.54. The summed E-state index contributed by atoms with van der Waals surface area (Å²) in [5.74, 6) is 0.351. The quantitative estimate of drug-likeness (QED) is 0.646. The molecule has 0 spiro atoms. The number of nitrogens with zero attached hydrogens (tertiary/aromatic N) is 5. The number of aryl methyl sites for hydroxylation is 1. The molecular weight excluding hydrogens is 411 g/mol. The van der Waals surface area contributed by atoms with Crippen molar-refractivity contribution in [2.45, 2.75) is 26.1 Å². The summed E-state index contributed by atoms with van der Waals surface area (Å²) < 4.78 is 39.8. The largest absolute Gasteiger partial charge is 0.403 e. The SMILES string of the molecule is Cc1cc(-n2ncc3cc(NC(=O)NCC4CN(C(C)C(F)(F)F)C4)ncc32)ccn1. The molecule has 1 atom stereocenters. The van der Waals surface area contributed by atoms with Gasteiger partial charge in [-0.1, -0.05) is 0 Å². The van der Waals surface area contributed by atoms with Crippen LogP contribution in [-0.4, -0.2) is 62.5 Å². The molecule has 1 saturated heterocycles. The third-order valence-electron chi connectivity index (χ3n) is 5.38. The maximum absolute atomic E-state index is 12.7. The molecule has 1 unspecified atom stereocenters. The van der Waals surface area contributed by atoms with Gasteiger partial charge in [0.15, 0.2) is 0 Å². The lowest BCUT2D eigenvalue weighted by atomic mass is 9.98. The molecule has 4 heterocycles. The molecule has 2 N–H and O–H groups in total. The fraction of sp³-hybridized carbons (Fsp3) is 0.400. The van der Waals surface area contributed by atoms with E-state index < -0.39 is 18.2 Å². The first-order chi connectivity index (χ1) is 14.7. The second-order valence-corrected chi connectivity index (χ2v) is 7.71. The number of amides is 2. The first-order valence-electron chi connectivity index (χ1n) is 9.83. The van der Waals surface area contributed by atoms with E-state index in [1.54, 1.807) is 29.3 Å². The van der Waals surface area contributed by atoms with E-state index in [1.807, 2.05) is 19.1 Å². The molecule has 0 radical (unpaired) electrons. The van der Waals surface area contributed by atoms with Crippen molar-refractivity contribution in [2.24, 2.45) is 5.92 Å². The number of anilines is 1. The first kappa shape index (κ1) is 21.0. The average molecular weight is 433 g/mol. The lowest BCUT2D eigenvalue weighted by Crippen LogP contribution is -2.58. The van der Waals surface area contributed by atoms with E-state index in [0.717, 1.165) is 29.2 Å². The molecule has 0 aromatic carbocycles. The molecule has 8 nitrogen and oxygen atoms in total. The third kappa shape index (κ3) is 4.61.